The number of hydrogen-bond donors (Lipinski definition) is 2. The number of thiazole rings is 1. The fourth-order valence-electron chi connectivity index (χ4n) is 2.27. The van der Waals surface area contributed by atoms with Gasteiger partial charge in [0.2, 0.25) is 0 Å². The van der Waals surface area contributed by atoms with Crippen LogP contribution in [-0.4, -0.2) is 44.2 Å². The van der Waals surface area contributed by atoms with Crippen molar-refractivity contribution in [3.63, 3.8) is 0 Å². The number of nitrogens with zero attached hydrogens (tertiary/aromatic N) is 2. The smallest absolute Gasteiger partial charge is 0.327 e. The lowest BCUT2D eigenvalue weighted by atomic mass is 10.2. The summed E-state index contributed by atoms with van der Waals surface area (Å²) in [6.45, 7) is 3.88. The average molecular weight is 329 g/mol. The Bertz CT molecular complexity index is 495. The topological polar surface area (TPSA) is 82.5 Å². The minimum Gasteiger partial charge on any atom is -0.480 e. The van der Waals surface area contributed by atoms with Gasteiger partial charge in [-0.05, 0) is 13.3 Å². The lowest BCUT2D eigenvalue weighted by Crippen LogP contribution is -2.50. The first-order valence-corrected chi connectivity index (χ1v) is 8.80. The van der Waals surface area contributed by atoms with Crippen molar-refractivity contribution in [2.45, 2.75) is 44.1 Å². The molecule has 2 rings (SSSR count). The van der Waals surface area contributed by atoms with Crippen LogP contribution in [0.3, 0.4) is 0 Å². The molecule has 0 aliphatic carbocycles. The Hall–Kier alpha value is -1.28. The fourth-order valence-corrected chi connectivity index (χ4v) is 4.42. The summed E-state index contributed by atoms with van der Waals surface area (Å²) < 4.78 is 0. The lowest BCUT2D eigenvalue weighted by molar-refractivity contribution is -0.141. The Morgan fingerprint density at radius 1 is 1.62 bits per heavy atom. The van der Waals surface area contributed by atoms with Crippen LogP contribution in [0.5, 0.6) is 0 Å². The van der Waals surface area contributed by atoms with Gasteiger partial charge in [-0.2, -0.15) is 0 Å². The minimum atomic E-state index is -0.946. The van der Waals surface area contributed by atoms with E-state index in [1.54, 1.807) is 6.20 Å². The van der Waals surface area contributed by atoms with Crippen LogP contribution in [0.4, 0.5) is 4.79 Å². The Morgan fingerprint density at radius 3 is 2.95 bits per heavy atom. The maximum atomic E-state index is 12.5. The summed E-state index contributed by atoms with van der Waals surface area (Å²) in [5.74, 6) is -0.503. The molecule has 1 aromatic heterocycles. The molecule has 0 saturated carbocycles. The van der Waals surface area contributed by atoms with Crippen LogP contribution < -0.4 is 5.32 Å². The summed E-state index contributed by atoms with van der Waals surface area (Å²) in [6, 6.07) is -1.30. The van der Waals surface area contributed by atoms with E-state index < -0.39 is 12.0 Å². The van der Waals surface area contributed by atoms with Gasteiger partial charge in [0.05, 0.1) is 11.4 Å². The van der Waals surface area contributed by atoms with Gasteiger partial charge in [-0.3, -0.25) is 4.90 Å². The second-order valence-corrected chi connectivity index (χ2v) is 7.02. The van der Waals surface area contributed by atoms with Crippen LogP contribution in [0, 0.1) is 0 Å². The van der Waals surface area contributed by atoms with Gasteiger partial charge in [0.1, 0.15) is 11.0 Å². The fraction of sp³-hybridized carbons (Fsp3) is 0.615. The Balaban J connectivity index is 2.07. The van der Waals surface area contributed by atoms with E-state index in [4.69, 9.17) is 0 Å². The molecule has 1 saturated heterocycles. The van der Waals surface area contributed by atoms with Crippen molar-refractivity contribution in [3.05, 3.63) is 16.6 Å². The molecule has 2 amide bonds. The molecule has 3 atom stereocenters. The Morgan fingerprint density at radius 2 is 2.38 bits per heavy atom. The largest absolute Gasteiger partial charge is 0.480 e. The number of carboxylic acids is 1. The summed E-state index contributed by atoms with van der Waals surface area (Å²) in [5, 5.41) is 14.7. The number of rotatable bonds is 5. The van der Waals surface area contributed by atoms with Gasteiger partial charge < -0.3 is 10.4 Å². The van der Waals surface area contributed by atoms with Crippen molar-refractivity contribution < 1.29 is 14.7 Å². The van der Waals surface area contributed by atoms with Crippen molar-refractivity contribution in [3.8, 4) is 0 Å². The average Bonchev–Trinajstić information content (AvgIpc) is 3.08. The van der Waals surface area contributed by atoms with Crippen molar-refractivity contribution in [2.75, 3.05) is 5.75 Å². The molecule has 6 nitrogen and oxygen atoms in total. The monoisotopic (exact) mass is 329 g/mol. The number of carbonyl (C=O) groups excluding carboxylic acids is 1. The molecule has 3 unspecified atom stereocenters. The Labute approximate surface area is 131 Å². The minimum absolute atomic E-state index is 0.0698. The number of carbonyl (C=O) groups is 2. The molecule has 0 radical (unpaired) electrons. The number of amides is 2. The zero-order chi connectivity index (χ0) is 15.4. The number of nitrogens with one attached hydrogen (secondary N) is 1. The number of hydrogen-bond acceptors (Lipinski definition) is 5. The van der Waals surface area contributed by atoms with E-state index in [2.05, 4.69) is 10.3 Å². The van der Waals surface area contributed by atoms with Gasteiger partial charge in [0.25, 0.3) is 0 Å². The van der Waals surface area contributed by atoms with Gasteiger partial charge >= 0.3 is 12.0 Å². The first-order valence-electron chi connectivity index (χ1n) is 6.87. The van der Waals surface area contributed by atoms with Crippen molar-refractivity contribution in [1.82, 2.24) is 15.2 Å². The zero-order valence-corrected chi connectivity index (χ0v) is 13.6. The van der Waals surface area contributed by atoms with Gasteiger partial charge in [0.15, 0.2) is 0 Å². The molecule has 1 aliphatic rings. The molecule has 0 bridgehead atoms. The first-order chi connectivity index (χ1) is 10.0. The van der Waals surface area contributed by atoms with Crippen LogP contribution in [0.1, 0.15) is 37.7 Å². The summed E-state index contributed by atoms with van der Waals surface area (Å²) in [4.78, 5) is 29.4. The molecule has 1 fully saturated rings. The van der Waals surface area contributed by atoms with Crippen LogP contribution in [0.2, 0.25) is 0 Å². The highest BCUT2D eigenvalue weighted by Gasteiger charge is 2.41. The number of thioether (sulfide) groups is 1. The maximum absolute atomic E-state index is 12.5. The van der Waals surface area contributed by atoms with E-state index in [0.29, 0.717) is 5.75 Å². The normalized spacial score (nSPS) is 23.0. The van der Waals surface area contributed by atoms with Crippen molar-refractivity contribution in [1.29, 1.82) is 0 Å². The summed E-state index contributed by atoms with van der Waals surface area (Å²) in [5.41, 5.74) is 0. The molecular formula is C13H19N3O3S2. The highest BCUT2D eigenvalue weighted by Crippen LogP contribution is 2.32. The van der Waals surface area contributed by atoms with E-state index in [1.807, 2.05) is 19.2 Å². The number of aromatic nitrogens is 1. The van der Waals surface area contributed by atoms with Crippen LogP contribution in [0.25, 0.3) is 0 Å². The van der Waals surface area contributed by atoms with E-state index in [0.717, 1.165) is 17.8 Å². The maximum Gasteiger partial charge on any atom is 0.327 e. The number of carboxylic acid groups (broad SMARTS) is 1. The SMILES string of the molecule is CCCC1SCC(C(=O)O)N1C(=O)NC(C)c1nccs1. The second kappa shape index (κ2) is 7.13. The highest BCUT2D eigenvalue weighted by atomic mass is 32.2. The van der Waals surface area contributed by atoms with Crippen molar-refractivity contribution in [2.24, 2.45) is 0 Å². The van der Waals surface area contributed by atoms with Gasteiger partial charge in [-0.15, -0.1) is 23.1 Å². The van der Waals surface area contributed by atoms with Gasteiger partial charge in [-0.25, -0.2) is 14.6 Å². The zero-order valence-electron chi connectivity index (χ0n) is 12.0. The van der Waals surface area contributed by atoms with Crippen LogP contribution in [-0.2, 0) is 4.79 Å². The third kappa shape index (κ3) is 3.68. The third-order valence-electron chi connectivity index (χ3n) is 3.31. The number of urea groups is 1. The second-order valence-electron chi connectivity index (χ2n) is 4.88. The molecule has 2 N–H and O–H groups in total. The summed E-state index contributed by atoms with van der Waals surface area (Å²) >= 11 is 3.00. The lowest BCUT2D eigenvalue weighted by Gasteiger charge is -2.28. The van der Waals surface area contributed by atoms with E-state index in [9.17, 15) is 14.7 Å². The van der Waals surface area contributed by atoms with E-state index in [-0.39, 0.29) is 17.4 Å². The molecule has 0 spiro atoms. The van der Waals surface area contributed by atoms with Crippen LogP contribution >= 0.6 is 23.1 Å². The molecule has 116 valence electrons. The summed E-state index contributed by atoms with van der Waals surface area (Å²) in [6.07, 6.45) is 3.40. The molecule has 21 heavy (non-hydrogen) atoms. The molecule has 0 aromatic carbocycles. The molecule has 2 heterocycles. The predicted molar refractivity (Wildman–Crippen MR) is 83.5 cm³/mol. The molecule has 8 heteroatoms. The Kier molecular flexibility index (Phi) is 5.46. The number of aliphatic carboxylic acids is 1. The van der Waals surface area contributed by atoms with Gasteiger partial charge in [-0.1, -0.05) is 13.3 Å². The quantitative estimate of drug-likeness (QED) is 0.867. The van der Waals surface area contributed by atoms with Gasteiger partial charge in [0, 0.05) is 17.3 Å². The van der Waals surface area contributed by atoms with Crippen LogP contribution in [0.15, 0.2) is 11.6 Å². The summed E-state index contributed by atoms with van der Waals surface area (Å²) in [7, 11) is 0. The molecular weight excluding hydrogens is 310 g/mol. The van der Waals surface area contributed by atoms with E-state index >= 15 is 0 Å². The molecule has 1 aromatic rings. The van der Waals surface area contributed by atoms with E-state index in [1.165, 1.54) is 28.0 Å². The highest BCUT2D eigenvalue weighted by molar-refractivity contribution is 8.00. The standard InChI is InChI=1S/C13H19N3O3S2/c1-3-4-10-16(9(7-21-10)12(17)18)13(19)15-8(2)11-14-5-6-20-11/h5-6,8-10H,3-4,7H2,1-2H3,(H,15,19)(H,17,18). The molecule has 1 aliphatic heterocycles. The third-order valence-corrected chi connectivity index (χ3v) is 5.62. The predicted octanol–water partition coefficient (Wildman–Crippen LogP) is 2.54. The first kappa shape index (κ1) is 16.1. The van der Waals surface area contributed by atoms with Crippen molar-refractivity contribution >= 4 is 35.1 Å².